The molecule has 1 aromatic carbocycles. The van der Waals surface area contributed by atoms with Crippen LogP contribution in [0.3, 0.4) is 0 Å². The normalized spacial score (nSPS) is 10.4. The largest absolute Gasteiger partial charge is 0.324 e. The van der Waals surface area contributed by atoms with E-state index in [0.717, 1.165) is 21.3 Å². The van der Waals surface area contributed by atoms with E-state index in [2.05, 4.69) is 15.3 Å². The minimum absolute atomic E-state index is 0.575. The molecule has 0 saturated heterocycles. The first-order chi connectivity index (χ1) is 9.31. The van der Waals surface area contributed by atoms with E-state index >= 15 is 0 Å². The highest BCUT2D eigenvalue weighted by Crippen LogP contribution is 2.27. The van der Waals surface area contributed by atoms with Crippen molar-refractivity contribution in [2.75, 3.05) is 5.32 Å². The average molecular weight is 288 g/mol. The van der Waals surface area contributed by atoms with Crippen LogP contribution < -0.4 is 5.32 Å². The van der Waals surface area contributed by atoms with Gasteiger partial charge in [-0.25, -0.2) is 9.97 Å². The van der Waals surface area contributed by atoms with Gasteiger partial charge in [0, 0.05) is 22.8 Å². The summed E-state index contributed by atoms with van der Waals surface area (Å²) < 4.78 is 0.756. The lowest BCUT2D eigenvalue weighted by Gasteiger charge is -2.05. The lowest BCUT2D eigenvalue weighted by atomic mass is 10.2. The highest BCUT2D eigenvalue weighted by molar-refractivity contribution is 7.14. The fourth-order valence-corrected chi connectivity index (χ4v) is 2.55. The molecule has 3 nitrogen and oxygen atoms in total. The first kappa shape index (κ1) is 12.1. The van der Waals surface area contributed by atoms with Crippen molar-refractivity contribution in [3.8, 4) is 11.3 Å². The van der Waals surface area contributed by atoms with Gasteiger partial charge >= 0.3 is 0 Å². The third-order valence-corrected chi connectivity index (χ3v) is 3.64. The number of hydrogen-bond acceptors (Lipinski definition) is 4. The van der Waals surface area contributed by atoms with Crippen LogP contribution in [0.15, 0.2) is 54.0 Å². The summed E-state index contributed by atoms with van der Waals surface area (Å²) in [6, 6.07) is 13.6. The Hall–Kier alpha value is -1.91. The van der Waals surface area contributed by atoms with Gasteiger partial charge < -0.3 is 5.32 Å². The molecular weight excluding hydrogens is 278 g/mol. The van der Waals surface area contributed by atoms with Crippen molar-refractivity contribution in [3.05, 3.63) is 58.4 Å². The second-order valence-electron chi connectivity index (χ2n) is 3.90. The molecule has 0 aliphatic carbocycles. The number of nitrogens with zero attached hydrogens (tertiary/aromatic N) is 2. The molecule has 3 aromatic rings. The van der Waals surface area contributed by atoms with Crippen molar-refractivity contribution in [2.45, 2.75) is 0 Å². The van der Waals surface area contributed by atoms with Crippen LogP contribution in [0.25, 0.3) is 11.3 Å². The maximum absolute atomic E-state index is 5.94. The van der Waals surface area contributed by atoms with E-state index < -0.39 is 0 Å². The Morgan fingerprint density at radius 1 is 1.11 bits per heavy atom. The van der Waals surface area contributed by atoms with Crippen LogP contribution in [-0.4, -0.2) is 9.97 Å². The van der Waals surface area contributed by atoms with Gasteiger partial charge in [-0.3, -0.25) is 0 Å². The summed E-state index contributed by atoms with van der Waals surface area (Å²) in [5.41, 5.74) is 2.83. The molecule has 0 spiro atoms. The van der Waals surface area contributed by atoms with Gasteiger partial charge in [0.15, 0.2) is 0 Å². The molecule has 2 aromatic heterocycles. The molecule has 0 bridgehead atoms. The number of nitrogens with one attached hydrogen (secondary N) is 1. The molecule has 19 heavy (non-hydrogen) atoms. The lowest BCUT2D eigenvalue weighted by Crippen LogP contribution is -1.97. The number of rotatable bonds is 3. The predicted octanol–water partition coefficient (Wildman–Crippen LogP) is 4.60. The van der Waals surface area contributed by atoms with E-state index in [1.165, 1.54) is 11.3 Å². The summed E-state index contributed by atoms with van der Waals surface area (Å²) >= 11 is 7.43. The number of anilines is 2. The first-order valence-electron chi connectivity index (χ1n) is 5.71. The Morgan fingerprint density at radius 2 is 1.95 bits per heavy atom. The topological polar surface area (TPSA) is 37.8 Å². The highest BCUT2D eigenvalue weighted by Gasteiger charge is 2.04. The molecule has 0 aliphatic heterocycles. The summed E-state index contributed by atoms with van der Waals surface area (Å²) in [6.45, 7) is 0. The second-order valence-corrected chi connectivity index (χ2v) is 5.44. The quantitative estimate of drug-likeness (QED) is 0.765. The van der Waals surface area contributed by atoms with Gasteiger partial charge in [-0.15, -0.1) is 11.3 Å². The Bertz CT molecular complexity index is 682. The van der Waals surface area contributed by atoms with E-state index in [0.29, 0.717) is 5.95 Å². The monoisotopic (exact) mass is 287 g/mol. The molecule has 1 N–H and O–H groups in total. The standard InChI is InChI=1S/C14H10ClN3S/c15-13-8-10(9-19-13)12-6-7-16-14(18-12)17-11-4-2-1-3-5-11/h1-9H,(H,16,17,18). The smallest absolute Gasteiger partial charge is 0.227 e. The zero-order valence-corrected chi connectivity index (χ0v) is 11.4. The third-order valence-electron chi connectivity index (χ3n) is 2.55. The van der Waals surface area contributed by atoms with E-state index in [9.17, 15) is 0 Å². The number of benzene rings is 1. The summed E-state index contributed by atoms with van der Waals surface area (Å²) in [6.07, 6.45) is 1.74. The van der Waals surface area contributed by atoms with Gasteiger partial charge in [0.1, 0.15) is 0 Å². The Morgan fingerprint density at radius 3 is 2.68 bits per heavy atom. The SMILES string of the molecule is Clc1cc(-c2ccnc(Nc3ccccc3)n2)cs1. The summed E-state index contributed by atoms with van der Waals surface area (Å²) in [5, 5.41) is 5.15. The molecule has 0 amide bonds. The number of hydrogen-bond donors (Lipinski definition) is 1. The van der Waals surface area contributed by atoms with Crippen molar-refractivity contribution in [1.82, 2.24) is 9.97 Å². The van der Waals surface area contributed by atoms with Gasteiger partial charge in [0.05, 0.1) is 10.0 Å². The van der Waals surface area contributed by atoms with Crippen molar-refractivity contribution < 1.29 is 0 Å². The first-order valence-corrected chi connectivity index (χ1v) is 6.96. The Balaban J connectivity index is 1.88. The highest BCUT2D eigenvalue weighted by atomic mass is 35.5. The molecule has 0 aliphatic rings. The molecule has 3 rings (SSSR count). The van der Waals surface area contributed by atoms with Crippen LogP contribution in [0.5, 0.6) is 0 Å². The minimum atomic E-state index is 0.575. The van der Waals surface area contributed by atoms with E-state index in [1.54, 1.807) is 6.20 Å². The van der Waals surface area contributed by atoms with E-state index in [1.807, 2.05) is 47.8 Å². The molecule has 2 heterocycles. The van der Waals surface area contributed by atoms with Crippen LogP contribution in [0, 0.1) is 0 Å². The van der Waals surface area contributed by atoms with Gasteiger partial charge in [-0.1, -0.05) is 29.8 Å². The van der Waals surface area contributed by atoms with Gasteiger partial charge in [0.2, 0.25) is 5.95 Å². The fourth-order valence-electron chi connectivity index (χ4n) is 1.67. The Kier molecular flexibility index (Phi) is 3.44. The van der Waals surface area contributed by atoms with Crippen molar-refractivity contribution in [3.63, 3.8) is 0 Å². The van der Waals surface area contributed by atoms with Crippen LogP contribution in [0.1, 0.15) is 0 Å². The van der Waals surface area contributed by atoms with Crippen molar-refractivity contribution >= 4 is 34.6 Å². The minimum Gasteiger partial charge on any atom is -0.324 e. The molecule has 94 valence electrons. The van der Waals surface area contributed by atoms with Crippen LogP contribution in [-0.2, 0) is 0 Å². The molecule has 0 fully saturated rings. The summed E-state index contributed by atoms with van der Waals surface area (Å²) in [5.74, 6) is 0.575. The Labute approximate surface area is 119 Å². The maximum Gasteiger partial charge on any atom is 0.227 e. The summed E-state index contributed by atoms with van der Waals surface area (Å²) in [4.78, 5) is 8.69. The van der Waals surface area contributed by atoms with Crippen LogP contribution >= 0.6 is 22.9 Å². The average Bonchev–Trinajstić information content (AvgIpc) is 2.87. The number of aromatic nitrogens is 2. The fraction of sp³-hybridized carbons (Fsp3) is 0. The predicted molar refractivity (Wildman–Crippen MR) is 80.1 cm³/mol. The van der Waals surface area contributed by atoms with Gasteiger partial charge in [-0.05, 0) is 24.3 Å². The zero-order chi connectivity index (χ0) is 13.1. The molecular formula is C14H10ClN3S. The van der Waals surface area contributed by atoms with E-state index in [-0.39, 0.29) is 0 Å². The lowest BCUT2D eigenvalue weighted by molar-refractivity contribution is 1.17. The third kappa shape index (κ3) is 2.92. The van der Waals surface area contributed by atoms with E-state index in [4.69, 9.17) is 11.6 Å². The van der Waals surface area contributed by atoms with Crippen LogP contribution in [0.2, 0.25) is 4.34 Å². The van der Waals surface area contributed by atoms with Gasteiger partial charge in [-0.2, -0.15) is 0 Å². The molecule has 0 unspecified atom stereocenters. The van der Waals surface area contributed by atoms with Gasteiger partial charge in [0.25, 0.3) is 0 Å². The maximum atomic E-state index is 5.94. The number of para-hydroxylation sites is 1. The molecule has 0 radical (unpaired) electrons. The van der Waals surface area contributed by atoms with Crippen LogP contribution in [0.4, 0.5) is 11.6 Å². The van der Waals surface area contributed by atoms with Crippen molar-refractivity contribution in [2.24, 2.45) is 0 Å². The summed E-state index contributed by atoms with van der Waals surface area (Å²) in [7, 11) is 0. The number of thiophene rings is 1. The van der Waals surface area contributed by atoms with Crippen molar-refractivity contribution in [1.29, 1.82) is 0 Å². The second kappa shape index (κ2) is 5.38. The zero-order valence-electron chi connectivity index (χ0n) is 9.88. The number of halogens is 1. The molecule has 5 heteroatoms. The molecule has 0 saturated carbocycles. The molecule has 0 atom stereocenters.